The van der Waals surface area contributed by atoms with Crippen LogP contribution in [0.15, 0.2) is 12.1 Å². The van der Waals surface area contributed by atoms with Crippen molar-refractivity contribution >= 4 is 95.5 Å². The Morgan fingerprint density at radius 2 is 1.73 bits per heavy atom. The highest BCUT2D eigenvalue weighted by atomic mass is 127. The third kappa shape index (κ3) is 7.58. The fraction of sp³-hybridized carbons (Fsp3) is 0.273. The van der Waals surface area contributed by atoms with Gasteiger partial charge in [-0.05, 0) is 79.9 Å². The summed E-state index contributed by atoms with van der Waals surface area (Å²) in [5, 5.41) is 2.55. The van der Waals surface area contributed by atoms with Gasteiger partial charge in [0, 0.05) is 16.4 Å². The van der Waals surface area contributed by atoms with E-state index in [1.165, 1.54) is 0 Å². The summed E-state index contributed by atoms with van der Waals surface area (Å²) in [6.45, 7) is -0.217. The van der Waals surface area contributed by atoms with Crippen LogP contribution in [0.3, 0.4) is 0 Å². The van der Waals surface area contributed by atoms with E-state index in [1.54, 1.807) is 16.9 Å². The second-order valence-corrected chi connectivity index (χ2v) is 9.21. The van der Waals surface area contributed by atoms with E-state index in [-0.39, 0.29) is 13.0 Å². The van der Waals surface area contributed by atoms with E-state index < -0.39 is 22.0 Å². The Kier molecular flexibility index (Phi) is 8.07. The maximum atomic E-state index is 11.6. The molecule has 0 spiro atoms. The van der Waals surface area contributed by atoms with E-state index in [1.807, 2.05) is 0 Å². The van der Waals surface area contributed by atoms with Crippen LogP contribution in [0.25, 0.3) is 0 Å². The molecule has 0 aromatic heterocycles. The first kappa shape index (κ1) is 20.1. The van der Waals surface area contributed by atoms with Gasteiger partial charge in [0.05, 0.1) is 12.7 Å². The quantitative estimate of drug-likeness (QED) is 0.373. The van der Waals surface area contributed by atoms with Crippen molar-refractivity contribution in [1.82, 2.24) is 4.72 Å². The van der Waals surface area contributed by atoms with Crippen molar-refractivity contribution in [2.24, 2.45) is 0 Å². The SMILES string of the molecule is CS(=O)(=O)NC(=O)CCOC(=O)Nc1cc(I)c(I)c(I)c1. The Labute approximate surface area is 168 Å². The molecule has 0 radical (unpaired) electrons. The number of halogens is 3. The molecule has 0 heterocycles. The lowest BCUT2D eigenvalue weighted by Crippen LogP contribution is -2.30. The molecule has 0 aliphatic heterocycles. The molecule has 0 bridgehead atoms. The largest absolute Gasteiger partial charge is 0.449 e. The third-order valence-corrected chi connectivity index (χ3v) is 7.62. The van der Waals surface area contributed by atoms with Crippen molar-refractivity contribution in [1.29, 1.82) is 0 Å². The molecule has 11 heteroatoms. The second kappa shape index (κ2) is 8.81. The van der Waals surface area contributed by atoms with E-state index in [0.29, 0.717) is 5.69 Å². The number of hydrogen-bond acceptors (Lipinski definition) is 5. The van der Waals surface area contributed by atoms with Crippen LogP contribution in [0, 0.1) is 10.7 Å². The molecule has 2 amide bonds. The number of anilines is 1. The Balaban J connectivity index is 2.46. The van der Waals surface area contributed by atoms with E-state index in [4.69, 9.17) is 4.74 Å². The standard InChI is InChI=1S/C11H11I3N2O5S/c1-22(19,20)16-9(17)2-3-21-11(18)15-6-4-7(12)10(14)8(13)5-6/h4-5H,2-3H2,1H3,(H,15,18)(H,16,17). The summed E-state index contributed by atoms with van der Waals surface area (Å²) in [4.78, 5) is 22.8. The Hall–Kier alpha value is 0.100. The fourth-order valence-corrected chi connectivity index (χ4v) is 3.87. The number of ether oxygens (including phenoxy) is 1. The Morgan fingerprint density at radius 1 is 1.18 bits per heavy atom. The Morgan fingerprint density at radius 3 is 2.23 bits per heavy atom. The molecular weight excluding hydrogens is 653 g/mol. The molecule has 122 valence electrons. The number of carbonyl (C=O) groups is 2. The van der Waals surface area contributed by atoms with Crippen LogP contribution in [0.2, 0.25) is 0 Å². The van der Waals surface area contributed by atoms with E-state index in [0.717, 1.165) is 17.0 Å². The predicted octanol–water partition coefficient (Wildman–Crippen LogP) is 2.51. The molecule has 0 atom stereocenters. The van der Waals surface area contributed by atoms with Gasteiger partial charge in [-0.2, -0.15) is 0 Å². The number of benzene rings is 1. The highest BCUT2D eigenvalue weighted by Crippen LogP contribution is 2.25. The summed E-state index contributed by atoms with van der Waals surface area (Å²) < 4.78 is 31.3. The number of carbonyl (C=O) groups excluding carboxylic acids is 2. The molecule has 0 fully saturated rings. The minimum absolute atomic E-state index is 0.217. The van der Waals surface area contributed by atoms with Crippen molar-refractivity contribution in [3.8, 4) is 0 Å². The number of rotatable bonds is 5. The number of nitrogens with one attached hydrogen (secondary N) is 2. The van der Waals surface area contributed by atoms with Crippen LogP contribution < -0.4 is 10.0 Å². The maximum Gasteiger partial charge on any atom is 0.411 e. The van der Waals surface area contributed by atoms with Gasteiger partial charge >= 0.3 is 6.09 Å². The molecule has 0 aliphatic carbocycles. The van der Waals surface area contributed by atoms with Gasteiger partial charge in [-0.3, -0.25) is 14.8 Å². The minimum Gasteiger partial charge on any atom is -0.449 e. The summed E-state index contributed by atoms with van der Waals surface area (Å²) in [5.41, 5.74) is 0.583. The molecule has 7 nitrogen and oxygen atoms in total. The molecule has 0 aliphatic rings. The summed E-state index contributed by atoms with van der Waals surface area (Å²) in [5.74, 6) is -0.728. The van der Waals surface area contributed by atoms with Crippen molar-refractivity contribution in [2.45, 2.75) is 6.42 Å². The molecule has 2 N–H and O–H groups in total. The van der Waals surface area contributed by atoms with Gasteiger partial charge in [-0.15, -0.1) is 0 Å². The zero-order chi connectivity index (χ0) is 16.9. The average Bonchev–Trinajstić information content (AvgIpc) is 2.33. The van der Waals surface area contributed by atoms with Crippen LogP contribution >= 0.6 is 67.8 Å². The van der Waals surface area contributed by atoms with E-state index >= 15 is 0 Å². The number of amides is 2. The molecule has 1 rings (SSSR count). The monoisotopic (exact) mass is 664 g/mol. The zero-order valence-corrected chi connectivity index (χ0v) is 18.4. The van der Waals surface area contributed by atoms with Gasteiger partial charge < -0.3 is 4.74 Å². The van der Waals surface area contributed by atoms with Crippen molar-refractivity contribution in [3.05, 3.63) is 22.8 Å². The zero-order valence-electron chi connectivity index (χ0n) is 11.2. The molecule has 1 aromatic rings. The highest BCUT2D eigenvalue weighted by molar-refractivity contribution is 14.1. The van der Waals surface area contributed by atoms with Gasteiger partial charge in [-0.25, -0.2) is 13.2 Å². The summed E-state index contributed by atoms with van der Waals surface area (Å²) in [6.07, 6.45) is -0.0688. The third-order valence-electron chi connectivity index (χ3n) is 2.09. The van der Waals surface area contributed by atoms with Crippen molar-refractivity contribution < 1.29 is 22.7 Å². The molecule has 0 saturated carbocycles. The normalized spacial score (nSPS) is 10.9. The van der Waals surface area contributed by atoms with Crippen LogP contribution in [0.5, 0.6) is 0 Å². The molecule has 1 aromatic carbocycles. The summed E-state index contributed by atoms with van der Waals surface area (Å²) >= 11 is 6.52. The van der Waals surface area contributed by atoms with Gasteiger partial charge in [0.15, 0.2) is 0 Å². The number of hydrogen-bond donors (Lipinski definition) is 2. The van der Waals surface area contributed by atoms with E-state index in [9.17, 15) is 18.0 Å². The second-order valence-electron chi connectivity index (χ2n) is 4.06. The fourth-order valence-electron chi connectivity index (χ4n) is 1.28. The molecular formula is C11H11I3N2O5S. The summed E-state index contributed by atoms with van der Waals surface area (Å²) in [7, 11) is -3.59. The first-order valence-corrected chi connectivity index (χ1v) is 10.8. The summed E-state index contributed by atoms with van der Waals surface area (Å²) in [6, 6.07) is 3.59. The van der Waals surface area contributed by atoms with Gasteiger partial charge in [-0.1, -0.05) is 0 Å². The predicted molar refractivity (Wildman–Crippen MR) is 107 cm³/mol. The first-order chi connectivity index (χ1) is 10.1. The van der Waals surface area contributed by atoms with Crippen LogP contribution in [0.4, 0.5) is 10.5 Å². The van der Waals surface area contributed by atoms with Crippen LogP contribution in [0.1, 0.15) is 6.42 Å². The minimum atomic E-state index is -3.59. The van der Waals surface area contributed by atoms with Crippen LogP contribution in [-0.4, -0.2) is 33.3 Å². The van der Waals surface area contributed by atoms with Gasteiger partial charge in [0.1, 0.15) is 6.61 Å². The highest BCUT2D eigenvalue weighted by Gasteiger charge is 2.11. The number of sulfonamides is 1. The maximum absolute atomic E-state index is 11.6. The van der Waals surface area contributed by atoms with Crippen molar-refractivity contribution in [3.63, 3.8) is 0 Å². The van der Waals surface area contributed by atoms with E-state index in [2.05, 4.69) is 73.1 Å². The lowest BCUT2D eigenvalue weighted by molar-refractivity contribution is -0.119. The molecule has 0 saturated heterocycles. The van der Waals surface area contributed by atoms with Crippen LogP contribution in [-0.2, 0) is 19.6 Å². The molecule has 22 heavy (non-hydrogen) atoms. The smallest absolute Gasteiger partial charge is 0.411 e. The lowest BCUT2D eigenvalue weighted by atomic mass is 10.3. The average molecular weight is 664 g/mol. The van der Waals surface area contributed by atoms with Crippen molar-refractivity contribution in [2.75, 3.05) is 18.2 Å². The lowest BCUT2D eigenvalue weighted by Gasteiger charge is -2.09. The van der Waals surface area contributed by atoms with Gasteiger partial charge in [0.2, 0.25) is 15.9 Å². The first-order valence-electron chi connectivity index (χ1n) is 5.67. The topological polar surface area (TPSA) is 102 Å². The Bertz CT molecular complexity index is 670. The van der Waals surface area contributed by atoms with Gasteiger partial charge in [0.25, 0.3) is 0 Å². The molecule has 0 unspecified atom stereocenters.